The molecule has 4 rings (SSSR count). The maximum Gasteiger partial charge on any atom is 0.246 e. The normalized spacial score (nSPS) is 18.7. The fraction of sp³-hybridized carbons (Fsp3) is 0.333. The SMILES string of the molecule is O=C(/C=C/c1cccs1)N1CCN(C(=O)C2(c3cccc(Cl)c3)CC2)CC1. The van der Waals surface area contributed by atoms with Crippen molar-refractivity contribution in [3.63, 3.8) is 0 Å². The van der Waals surface area contributed by atoms with E-state index in [1.807, 2.05) is 57.7 Å². The van der Waals surface area contributed by atoms with E-state index in [0.29, 0.717) is 31.2 Å². The van der Waals surface area contributed by atoms with Crippen molar-refractivity contribution >= 4 is 40.8 Å². The van der Waals surface area contributed by atoms with E-state index in [1.54, 1.807) is 17.4 Å². The zero-order chi connectivity index (χ0) is 18.9. The van der Waals surface area contributed by atoms with Gasteiger partial charge in [-0.15, -0.1) is 11.3 Å². The van der Waals surface area contributed by atoms with Gasteiger partial charge in [0, 0.05) is 42.2 Å². The molecule has 6 heteroatoms. The van der Waals surface area contributed by atoms with Gasteiger partial charge in [-0.1, -0.05) is 29.8 Å². The summed E-state index contributed by atoms with van der Waals surface area (Å²) in [6.45, 7) is 2.31. The van der Waals surface area contributed by atoms with Crippen molar-refractivity contribution in [2.24, 2.45) is 0 Å². The molecule has 2 heterocycles. The van der Waals surface area contributed by atoms with Gasteiger partial charge >= 0.3 is 0 Å². The Morgan fingerprint density at radius 3 is 2.41 bits per heavy atom. The first-order valence-electron chi connectivity index (χ1n) is 9.14. The summed E-state index contributed by atoms with van der Waals surface area (Å²) in [4.78, 5) is 30.3. The first kappa shape index (κ1) is 18.3. The number of hydrogen-bond acceptors (Lipinski definition) is 3. The van der Waals surface area contributed by atoms with Crippen molar-refractivity contribution in [2.45, 2.75) is 18.3 Å². The van der Waals surface area contributed by atoms with Gasteiger partial charge in [-0.3, -0.25) is 9.59 Å². The zero-order valence-corrected chi connectivity index (χ0v) is 16.5. The highest BCUT2D eigenvalue weighted by molar-refractivity contribution is 7.10. The molecule has 1 saturated heterocycles. The first-order valence-corrected chi connectivity index (χ1v) is 10.4. The van der Waals surface area contributed by atoms with Gasteiger partial charge in [-0.25, -0.2) is 0 Å². The van der Waals surface area contributed by atoms with E-state index in [-0.39, 0.29) is 11.8 Å². The average molecular weight is 401 g/mol. The Labute approximate surface area is 168 Å². The summed E-state index contributed by atoms with van der Waals surface area (Å²) < 4.78 is 0. The Hall–Kier alpha value is -2.11. The van der Waals surface area contributed by atoms with Crippen LogP contribution in [0.1, 0.15) is 23.3 Å². The lowest BCUT2D eigenvalue weighted by molar-refractivity contribution is -0.139. The molecule has 0 atom stereocenters. The molecule has 0 radical (unpaired) electrons. The molecule has 1 aliphatic carbocycles. The standard InChI is InChI=1S/C21H21ClN2O2S/c22-17-4-1-3-16(15-17)21(8-9-21)20(26)24-12-10-23(11-13-24)19(25)7-6-18-5-2-14-27-18/h1-7,14-15H,8-13H2/b7-6+. The lowest BCUT2D eigenvalue weighted by Crippen LogP contribution is -2.52. The molecular weight excluding hydrogens is 380 g/mol. The van der Waals surface area contributed by atoms with Crippen molar-refractivity contribution in [1.29, 1.82) is 0 Å². The van der Waals surface area contributed by atoms with E-state index in [9.17, 15) is 9.59 Å². The molecule has 2 aliphatic rings. The topological polar surface area (TPSA) is 40.6 Å². The Kier molecular flexibility index (Phi) is 5.06. The molecule has 2 amide bonds. The monoisotopic (exact) mass is 400 g/mol. The Balaban J connectivity index is 1.36. The van der Waals surface area contributed by atoms with Crippen LogP contribution in [0.2, 0.25) is 5.02 Å². The molecular formula is C21H21ClN2O2S. The lowest BCUT2D eigenvalue weighted by atomic mass is 9.94. The minimum absolute atomic E-state index is 0.00600. The Bertz CT molecular complexity index is 866. The summed E-state index contributed by atoms with van der Waals surface area (Å²) in [5, 5.41) is 2.65. The highest BCUT2D eigenvalue weighted by Crippen LogP contribution is 2.50. The van der Waals surface area contributed by atoms with Gasteiger partial charge in [0.1, 0.15) is 0 Å². The quantitative estimate of drug-likeness (QED) is 0.732. The van der Waals surface area contributed by atoms with Crippen molar-refractivity contribution in [2.75, 3.05) is 26.2 Å². The summed E-state index contributed by atoms with van der Waals surface area (Å²) in [7, 11) is 0. The molecule has 0 N–H and O–H groups in total. The van der Waals surface area contributed by atoms with Crippen molar-refractivity contribution in [3.05, 3.63) is 63.3 Å². The molecule has 0 bridgehead atoms. The number of carbonyl (C=O) groups is 2. The molecule has 27 heavy (non-hydrogen) atoms. The third-order valence-corrected chi connectivity index (χ3v) is 6.42. The number of nitrogens with zero attached hydrogens (tertiary/aromatic N) is 2. The van der Waals surface area contributed by atoms with Crippen molar-refractivity contribution < 1.29 is 9.59 Å². The number of benzene rings is 1. The zero-order valence-electron chi connectivity index (χ0n) is 14.9. The van der Waals surface area contributed by atoms with Crippen LogP contribution >= 0.6 is 22.9 Å². The van der Waals surface area contributed by atoms with Crippen LogP contribution in [0.25, 0.3) is 6.08 Å². The Morgan fingerprint density at radius 1 is 1.04 bits per heavy atom. The van der Waals surface area contributed by atoms with Gasteiger partial charge in [-0.2, -0.15) is 0 Å². The molecule has 2 fully saturated rings. The predicted octanol–water partition coefficient (Wildman–Crippen LogP) is 3.82. The molecule has 1 aromatic heterocycles. The van der Waals surface area contributed by atoms with Crippen molar-refractivity contribution in [1.82, 2.24) is 9.80 Å². The third-order valence-electron chi connectivity index (χ3n) is 5.35. The van der Waals surface area contributed by atoms with E-state index >= 15 is 0 Å². The van der Waals surface area contributed by atoms with E-state index in [0.717, 1.165) is 23.3 Å². The summed E-state index contributed by atoms with van der Waals surface area (Å²) in [5.74, 6) is 0.178. The van der Waals surface area contributed by atoms with Crippen LogP contribution in [0, 0.1) is 0 Å². The highest BCUT2D eigenvalue weighted by Gasteiger charge is 2.53. The van der Waals surface area contributed by atoms with Gasteiger partial charge in [0.15, 0.2) is 0 Å². The fourth-order valence-electron chi connectivity index (χ4n) is 3.61. The third kappa shape index (κ3) is 3.80. The number of thiophene rings is 1. The molecule has 1 aliphatic heterocycles. The lowest BCUT2D eigenvalue weighted by Gasteiger charge is -2.36. The summed E-state index contributed by atoms with van der Waals surface area (Å²) in [6.07, 6.45) is 5.21. The number of hydrogen-bond donors (Lipinski definition) is 0. The van der Waals surface area contributed by atoms with Crippen molar-refractivity contribution in [3.8, 4) is 0 Å². The van der Waals surface area contributed by atoms with E-state index in [2.05, 4.69) is 0 Å². The van der Waals surface area contributed by atoms with Crippen LogP contribution in [0.15, 0.2) is 47.9 Å². The molecule has 0 spiro atoms. The second-order valence-electron chi connectivity index (χ2n) is 7.06. The van der Waals surface area contributed by atoms with Crippen LogP contribution in [0.5, 0.6) is 0 Å². The minimum atomic E-state index is -0.407. The van der Waals surface area contributed by atoms with Gasteiger partial charge in [-0.05, 0) is 48.1 Å². The fourth-order valence-corrected chi connectivity index (χ4v) is 4.42. The summed E-state index contributed by atoms with van der Waals surface area (Å²) >= 11 is 7.72. The van der Waals surface area contributed by atoms with Crippen LogP contribution in [-0.2, 0) is 15.0 Å². The maximum atomic E-state index is 13.1. The number of amides is 2. The smallest absolute Gasteiger partial charge is 0.246 e. The number of carbonyl (C=O) groups excluding carboxylic acids is 2. The second kappa shape index (κ2) is 7.49. The van der Waals surface area contributed by atoms with Gasteiger partial charge in [0.05, 0.1) is 5.41 Å². The second-order valence-corrected chi connectivity index (χ2v) is 8.47. The highest BCUT2D eigenvalue weighted by atomic mass is 35.5. The summed E-state index contributed by atoms with van der Waals surface area (Å²) in [5.41, 5.74) is 0.605. The molecule has 4 nitrogen and oxygen atoms in total. The Morgan fingerprint density at radius 2 is 1.78 bits per heavy atom. The van der Waals surface area contributed by atoms with E-state index in [1.165, 1.54) is 0 Å². The first-order chi connectivity index (χ1) is 13.1. The maximum absolute atomic E-state index is 13.1. The number of rotatable bonds is 4. The van der Waals surface area contributed by atoms with E-state index < -0.39 is 5.41 Å². The molecule has 1 saturated carbocycles. The van der Waals surface area contributed by atoms with Gasteiger partial charge in [0.2, 0.25) is 11.8 Å². The van der Waals surface area contributed by atoms with Gasteiger partial charge in [0.25, 0.3) is 0 Å². The number of piperazine rings is 1. The minimum Gasteiger partial charge on any atom is -0.338 e. The largest absolute Gasteiger partial charge is 0.338 e. The van der Waals surface area contributed by atoms with Gasteiger partial charge < -0.3 is 9.80 Å². The van der Waals surface area contributed by atoms with Crippen LogP contribution in [-0.4, -0.2) is 47.8 Å². The molecule has 2 aromatic rings. The van der Waals surface area contributed by atoms with Crippen LogP contribution in [0.4, 0.5) is 0 Å². The predicted molar refractivity (Wildman–Crippen MR) is 109 cm³/mol. The summed E-state index contributed by atoms with van der Waals surface area (Å²) in [6, 6.07) is 11.6. The van der Waals surface area contributed by atoms with Crippen LogP contribution < -0.4 is 0 Å². The molecule has 140 valence electrons. The van der Waals surface area contributed by atoms with Crippen LogP contribution in [0.3, 0.4) is 0 Å². The van der Waals surface area contributed by atoms with E-state index in [4.69, 9.17) is 11.6 Å². The molecule has 0 unspecified atom stereocenters. The molecule has 1 aromatic carbocycles. The number of halogens is 1. The average Bonchev–Trinajstić information content (AvgIpc) is 3.34.